The third kappa shape index (κ3) is 2.86. The lowest BCUT2D eigenvalue weighted by Gasteiger charge is -2.37. The predicted octanol–water partition coefficient (Wildman–Crippen LogP) is 2.24. The second-order valence-corrected chi connectivity index (χ2v) is 7.39. The van der Waals surface area contributed by atoms with Gasteiger partial charge < -0.3 is 4.90 Å². The molecule has 4 aromatic heterocycles. The summed E-state index contributed by atoms with van der Waals surface area (Å²) in [5.41, 5.74) is 1.92. The van der Waals surface area contributed by atoms with Crippen LogP contribution in [0.3, 0.4) is 0 Å². The summed E-state index contributed by atoms with van der Waals surface area (Å²) in [6.45, 7) is 5.32. The lowest BCUT2D eigenvalue weighted by atomic mass is 9.99. The number of rotatable bonds is 3. The van der Waals surface area contributed by atoms with Crippen molar-refractivity contribution < 1.29 is 4.79 Å². The third-order valence-electron chi connectivity index (χ3n) is 5.18. The fourth-order valence-electron chi connectivity index (χ4n) is 3.85. The van der Waals surface area contributed by atoms with E-state index in [4.69, 9.17) is 4.98 Å². The second-order valence-electron chi connectivity index (χ2n) is 7.39. The lowest BCUT2D eigenvalue weighted by Crippen LogP contribution is -2.44. The Kier molecular flexibility index (Phi) is 4.08. The second kappa shape index (κ2) is 6.77. The number of nitrogens with zero attached hydrogens (tertiary/aromatic N) is 8. The third-order valence-corrected chi connectivity index (χ3v) is 5.18. The quantitative estimate of drug-likeness (QED) is 0.534. The van der Waals surface area contributed by atoms with Crippen LogP contribution in [0.5, 0.6) is 0 Å². The maximum atomic E-state index is 13.4. The van der Waals surface area contributed by atoms with Gasteiger partial charge in [0.25, 0.3) is 5.91 Å². The molecule has 0 fully saturated rings. The molecule has 9 heteroatoms. The number of carbonyl (C=O) groups is 1. The highest BCUT2D eigenvalue weighted by molar-refractivity contribution is 5.99. The van der Waals surface area contributed by atoms with E-state index in [1.54, 1.807) is 41.6 Å². The number of hydrogen-bond donors (Lipinski definition) is 0. The molecule has 1 aliphatic rings. The van der Waals surface area contributed by atoms with Crippen molar-refractivity contribution in [2.45, 2.75) is 26.4 Å². The molecule has 0 bridgehead atoms. The first-order valence-corrected chi connectivity index (χ1v) is 9.58. The summed E-state index contributed by atoms with van der Waals surface area (Å²) in [5.74, 6) is 1.50. The summed E-state index contributed by atoms with van der Waals surface area (Å²) in [4.78, 5) is 28.6. The van der Waals surface area contributed by atoms with Gasteiger partial charge in [-0.1, -0.05) is 13.8 Å². The van der Waals surface area contributed by atoms with Gasteiger partial charge in [-0.2, -0.15) is 10.2 Å². The zero-order valence-corrected chi connectivity index (χ0v) is 16.2. The monoisotopic (exact) mass is 388 g/mol. The fraction of sp³-hybridized carbons (Fsp3) is 0.300. The Morgan fingerprint density at radius 3 is 2.86 bits per heavy atom. The molecule has 1 amide bonds. The molecular formula is C20H20N8O. The Balaban J connectivity index is 1.54. The van der Waals surface area contributed by atoms with Crippen molar-refractivity contribution in [3.05, 3.63) is 60.6 Å². The highest BCUT2D eigenvalue weighted by Crippen LogP contribution is 2.33. The Labute approximate surface area is 167 Å². The molecule has 4 aromatic rings. The van der Waals surface area contributed by atoms with Crippen LogP contribution in [0.25, 0.3) is 17.0 Å². The largest absolute Gasteiger partial charge is 0.326 e. The van der Waals surface area contributed by atoms with E-state index in [0.29, 0.717) is 30.1 Å². The van der Waals surface area contributed by atoms with Crippen LogP contribution >= 0.6 is 0 Å². The molecule has 9 nitrogen and oxygen atoms in total. The molecule has 29 heavy (non-hydrogen) atoms. The molecule has 5 rings (SSSR count). The summed E-state index contributed by atoms with van der Waals surface area (Å²) in [5, 5.41) is 8.92. The Hall–Kier alpha value is -3.62. The van der Waals surface area contributed by atoms with Crippen LogP contribution in [0.2, 0.25) is 0 Å². The summed E-state index contributed by atoms with van der Waals surface area (Å²) >= 11 is 0. The Bertz CT molecular complexity index is 1180. The summed E-state index contributed by atoms with van der Waals surface area (Å²) in [6, 6.07) is 5.40. The first-order chi connectivity index (χ1) is 14.1. The van der Waals surface area contributed by atoms with Crippen LogP contribution in [0.15, 0.2) is 49.2 Å². The van der Waals surface area contributed by atoms with Gasteiger partial charge in [-0.15, -0.1) is 0 Å². The Morgan fingerprint density at radius 2 is 2.07 bits per heavy atom. The SMILES string of the molecule is CC(C)[C@@H]1c2nc(-c3cccnc3)nn2CCN1C(=O)c1cnn2cccnc12. The molecule has 0 unspecified atom stereocenters. The van der Waals surface area contributed by atoms with Gasteiger partial charge in [-0.25, -0.2) is 19.2 Å². The molecular weight excluding hydrogens is 368 g/mol. The molecule has 1 atom stereocenters. The molecule has 0 radical (unpaired) electrons. The van der Waals surface area contributed by atoms with E-state index in [2.05, 4.69) is 34.0 Å². The minimum Gasteiger partial charge on any atom is -0.326 e. The number of carbonyl (C=O) groups excluding carboxylic acids is 1. The van der Waals surface area contributed by atoms with E-state index < -0.39 is 0 Å². The Morgan fingerprint density at radius 1 is 1.17 bits per heavy atom. The van der Waals surface area contributed by atoms with E-state index in [0.717, 1.165) is 11.4 Å². The molecule has 146 valence electrons. The molecule has 5 heterocycles. The zero-order chi connectivity index (χ0) is 20.0. The van der Waals surface area contributed by atoms with Gasteiger partial charge in [0.05, 0.1) is 18.8 Å². The average Bonchev–Trinajstić information content (AvgIpc) is 3.37. The number of aromatic nitrogens is 7. The molecule has 0 aliphatic carbocycles. The first kappa shape index (κ1) is 17.5. The van der Waals surface area contributed by atoms with Crippen LogP contribution in [0.1, 0.15) is 36.1 Å². The molecule has 0 N–H and O–H groups in total. The summed E-state index contributed by atoms with van der Waals surface area (Å²) < 4.78 is 3.52. The minimum atomic E-state index is -0.187. The molecule has 0 saturated heterocycles. The molecule has 0 spiro atoms. The highest BCUT2D eigenvalue weighted by atomic mass is 16.2. The smallest absolute Gasteiger partial charge is 0.260 e. The van der Waals surface area contributed by atoms with E-state index >= 15 is 0 Å². The van der Waals surface area contributed by atoms with Crippen molar-refractivity contribution in [2.75, 3.05) is 6.54 Å². The summed E-state index contributed by atoms with van der Waals surface area (Å²) in [6.07, 6.45) is 8.51. The van der Waals surface area contributed by atoms with Crippen LogP contribution in [-0.2, 0) is 6.54 Å². The van der Waals surface area contributed by atoms with Gasteiger partial charge in [0, 0.05) is 36.9 Å². The standard InChI is InChI=1S/C20H20N8O/c1-13(2)16-19-24-17(14-5-3-6-21-11-14)25-28(19)10-9-26(16)20(29)15-12-23-27-8-4-7-22-18(15)27/h3-8,11-13,16H,9-10H2,1-2H3/t16-/m1/s1. The van der Waals surface area contributed by atoms with Gasteiger partial charge in [0.15, 0.2) is 17.3 Å². The maximum Gasteiger partial charge on any atom is 0.260 e. The van der Waals surface area contributed by atoms with Crippen molar-refractivity contribution in [1.29, 1.82) is 0 Å². The van der Waals surface area contributed by atoms with Gasteiger partial charge in [0.1, 0.15) is 5.56 Å². The lowest BCUT2D eigenvalue weighted by molar-refractivity contribution is 0.0538. The van der Waals surface area contributed by atoms with Gasteiger partial charge in [0.2, 0.25) is 0 Å². The first-order valence-electron chi connectivity index (χ1n) is 9.58. The number of pyridine rings is 1. The fourth-order valence-corrected chi connectivity index (χ4v) is 3.85. The number of hydrogen-bond acceptors (Lipinski definition) is 6. The minimum absolute atomic E-state index is 0.0884. The summed E-state index contributed by atoms with van der Waals surface area (Å²) in [7, 11) is 0. The topological polar surface area (TPSA) is 94.1 Å². The highest BCUT2D eigenvalue weighted by Gasteiger charge is 2.37. The predicted molar refractivity (Wildman–Crippen MR) is 105 cm³/mol. The zero-order valence-electron chi connectivity index (χ0n) is 16.2. The normalized spacial score (nSPS) is 16.4. The van der Waals surface area contributed by atoms with Crippen molar-refractivity contribution in [3.8, 4) is 11.4 Å². The van der Waals surface area contributed by atoms with Crippen molar-refractivity contribution in [2.24, 2.45) is 5.92 Å². The van der Waals surface area contributed by atoms with E-state index in [1.165, 1.54) is 0 Å². The average molecular weight is 388 g/mol. The van der Waals surface area contributed by atoms with Gasteiger partial charge in [-0.05, 0) is 24.1 Å². The van der Waals surface area contributed by atoms with Gasteiger partial charge in [-0.3, -0.25) is 9.78 Å². The van der Waals surface area contributed by atoms with Crippen LogP contribution in [0.4, 0.5) is 0 Å². The van der Waals surface area contributed by atoms with Crippen molar-refractivity contribution in [1.82, 2.24) is 39.2 Å². The number of amides is 1. The molecule has 1 aliphatic heterocycles. The molecule has 0 aromatic carbocycles. The maximum absolute atomic E-state index is 13.4. The van der Waals surface area contributed by atoms with Crippen LogP contribution < -0.4 is 0 Å². The molecule has 0 saturated carbocycles. The van der Waals surface area contributed by atoms with Crippen LogP contribution in [-0.4, -0.2) is 51.7 Å². The van der Waals surface area contributed by atoms with Gasteiger partial charge >= 0.3 is 0 Å². The number of fused-ring (bicyclic) bond motifs is 2. The van der Waals surface area contributed by atoms with E-state index in [9.17, 15) is 4.79 Å². The van der Waals surface area contributed by atoms with Crippen molar-refractivity contribution >= 4 is 11.6 Å². The van der Waals surface area contributed by atoms with Crippen LogP contribution in [0, 0.1) is 5.92 Å². The van der Waals surface area contributed by atoms with E-state index in [1.807, 2.05) is 21.7 Å². The van der Waals surface area contributed by atoms with Crippen molar-refractivity contribution in [3.63, 3.8) is 0 Å². The van der Waals surface area contributed by atoms with E-state index in [-0.39, 0.29) is 17.9 Å².